The molecule has 23 heavy (non-hydrogen) atoms. The van der Waals surface area contributed by atoms with Gasteiger partial charge in [-0.1, -0.05) is 24.3 Å². The minimum Gasteiger partial charge on any atom is -0.337 e. The third-order valence-electron chi connectivity index (χ3n) is 4.93. The summed E-state index contributed by atoms with van der Waals surface area (Å²) in [6, 6.07) is 9.93. The van der Waals surface area contributed by atoms with Crippen LogP contribution in [0.25, 0.3) is 10.8 Å². The van der Waals surface area contributed by atoms with Crippen LogP contribution >= 0.6 is 24.8 Å². The number of carbonyl (C=O) groups excluding carboxylic acids is 1. The van der Waals surface area contributed by atoms with E-state index in [0.29, 0.717) is 11.1 Å². The quantitative estimate of drug-likeness (QED) is 0.857. The lowest BCUT2D eigenvalue weighted by atomic mass is 9.86. The Balaban J connectivity index is 0.000000960. The molecule has 4 rings (SSSR count). The number of likely N-dealkylation sites (tertiary alicyclic amines) is 1. The predicted octanol–water partition coefficient (Wildman–Crippen LogP) is 2.90. The zero-order valence-corrected chi connectivity index (χ0v) is 14.5. The Morgan fingerprint density at radius 3 is 2.78 bits per heavy atom. The van der Waals surface area contributed by atoms with E-state index in [9.17, 15) is 4.79 Å². The molecule has 2 aliphatic heterocycles. The van der Waals surface area contributed by atoms with Gasteiger partial charge in [0.25, 0.3) is 5.91 Å². The zero-order chi connectivity index (χ0) is 14.3. The van der Waals surface area contributed by atoms with Crippen molar-refractivity contribution in [2.45, 2.75) is 12.8 Å². The summed E-state index contributed by atoms with van der Waals surface area (Å²) in [6.07, 6.45) is 4.02. The Labute approximate surface area is 148 Å². The first kappa shape index (κ1) is 18.0. The number of halogens is 2. The molecule has 0 saturated carbocycles. The molecule has 2 aromatic rings. The molecule has 0 radical (unpaired) electrons. The average Bonchev–Trinajstić information content (AvgIpc) is 3.17. The molecule has 1 amide bonds. The first-order valence-electron chi connectivity index (χ1n) is 7.61. The number of carbonyl (C=O) groups is 1. The second-order valence-corrected chi connectivity index (χ2v) is 6.28. The number of hydrogen-bond acceptors (Lipinski definition) is 3. The van der Waals surface area contributed by atoms with Crippen LogP contribution in [-0.2, 0) is 0 Å². The van der Waals surface area contributed by atoms with E-state index in [1.165, 1.54) is 6.42 Å². The molecule has 4 nitrogen and oxygen atoms in total. The molecule has 0 bridgehead atoms. The van der Waals surface area contributed by atoms with E-state index in [1.807, 2.05) is 35.2 Å². The van der Waals surface area contributed by atoms with Crippen molar-refractivity contribution < 1.29 is 4.79 Å². The summed E-state index contributed by atoms with van der Waals surface area (Å²) in [5.41, 5.74) is 0.899. The van der Waals surface area contributed by atoms with Gasteiger partial charge in [-0.2, -0.15) is 0 Å². The summed E-state index contributed by atoms with van der Waals surface area (Å²) in [6.45, 7) is 3.84. The minimum absolute atomic E-state index is 0. The molecular formula is C17H21Cl2N3O. The highest BCUT2D eigenvalue weighted by Crippen LogP contribution is 2.36. The molecule has 1 aromatic heterocycles. The lowest BCUT2D eigenvalue weighted by molar-refractivity contribution is 0.0772. The Bertz CT molecular complexity index is 696. The maximum Gasteiger partial charge on any atom is 0.273 e. The van der Waals surface area contributed by atoms with Gasteiger partial charge in [0, 0.05) is 36.6 Å². The molecule has 2 fully saturated rings. The molecule has 0 aliphatic carbocycles. The number of nitrogens with zero attached hydrogens (tertiary/aromatic N) is 2. The van der Waals surface area contributed by atoms with Crippen LogP contribution in [0.15, 0.2) is 36.5 Å². The highest BCUT2D eigenvalue weighted by atomic mass is 35.5. The summed E-state index contributed by atoms with van der Waals surface area (Å²) in [5, 5.41) is 5.46. The van der Waals surface area contributed by atoms with Crippen molar-refractivity contribution in [1.82, 2.24) is 15.2 Å². The second-order valence-electron chi connectivity index (χ2n) is 6.28. The van der Waals surface area contributed by atoms with Crippen LogP contribution in [0.3, 0.4) is 0 Å². The van der Waals surface area contributed by atoms with Crippen LogP contribution in [0.5, 0.6) is 0 Å². The Morgan fingerprint density at radius 1 is 1.17 bits per heavy atom. The van der Waals surface area contributed by atoms with Crippen LogP contribution in [-0.4, -0.2) is 42.0 Å². The van der Waals surface area contributed by atoms with E-state index in [1.54, 1.807) is 6.20 Å². The van der Waals surface area contributed by atoms with E-state index in [-0.39, 0.29) is 30.7 Å². The number of hydrogen-bond donors (Lipinski definition) is 1. The molecule has 1 N–H and O–H groups in total. The molecule has 1 atom stereocenters. The van der Waals surface area contributed by atoms with Crippen molar-refractivity contribution in [2.75, 3.05) is 26.2 Å². The van der Waals surface area contributed by atoms with E-state index in [2.05, 4.69) is 10.3 Å². The summed E-state index contributed by atoms with van der Waals surface area (Å²) >= 11 is 0. The average molecular weight is 354 g/mol. The third-order valence-corrected chi connectivity index (χ3v) is 4.93. The number of amides is 1. The van der Waals surface area contributed by atoms with Crippen molar-refractivity contribution in [3.05, 3.63) is 42.2 Å². The van der Waals surface area contributed by atoms with E-state index in [4.69, 9.17) is 0 Å². The SMILES string of the molecule is Cl.Cl.O=C(c1nccc2ccccc12)N1CCC2(CCNC2)C1. The Hall–Kier alpha value is -1.36. The summed E-state index contributed by atoms with van der Waals surface area (Å²) < 4.78 is 0. The van der Waals surface area contributed by atoms with Crippen LogP contribution in [0, 0.1) is 5.41 Å². The Kier molecular flexibility index (Phi) is 5.50. The minimum atomic E-state index is 0. The molecule has 3 heterocycles. The summed E-state index contributed by atoms with van der Waals surface area (Å²) in [5.74, 6) is 0.0792. The Morgan fingerprint density at radius 2 is 2.00 bits per heavy atom. The van der Waals surface area contributed by atoms with Crippen molar-refractivity contribution in [3.63, 3.8) is 0 Å². The second kappa shape index (κ2) is 7.04. The third kappa shape index (κ3) is 3.16. The van der Waals surface area contributed by atoms with Gasteiger partial charge in [-0.05, 0) is 30.8 Å². The monoisotopic (exact) mass is 353 g/mol. The molecule has 6 heteroatoms. The van der Waals surface area contributed by atoms with Crippen molar-refractivity contribution in [1.29, 1.82) is 0 Å². The van der Waals surface area contributed by atoms with Gasteiger partial charge in [0.15, 0.2) is 0 Å². The van der Waals surface area contributed by atoms with E-state index >= 15 is 0 Å². The standard InChI is InChI=1S/C17H19N3O.2ClH/c21-16(20-10-7-17(12-20)6-9-18-11-17)15-14-4-2-1-3-13(14)5-8-19-15;;/h1-5,8,18H,6-7,9-12H2;2*1H. The fourth-order valence-electron chi connectivity index (χ4n) is 3.69. The highest BCUT2D eigenvalue weighted by molar-refractivity contribution is 6.05. The predicted molar refractivity (Wildman–Crippen MR) is 96.7 cm³/mol. The van der Waals surface area contributed by atoms with Gasteiger partial charge in [-0.25, -0.2) is 0 Å². The smallest absolute Gasteiger partial charge is 0.273 e. The van der Waals surface area contributed by atoms with Gasteiger partial charge < -0.3 is 10.2 Å². The molecular weight excluding hydrogens is 333 g/mol. The fourth-order valence-corrected chi connectivity index (χ4v) is 3.69. The number of rotatable bonds is 1. The van der Waals surface area contributed by atoms with Gasteiger partial charge in [0.05, 0.1) is 0 Å². The van der Waals surface area contributed by atoms with Gasteiger partial charge in [-0.3, -0.25) is 9.78 Å². The van der Waals surface area contributed by atoms with Crippen LogP contribution in [0.1, 0.15) is 23.3 Å². The summed E-state index contributed by atoms with van der Waals surface area (Å²) in [7, 11) is 0. The van der Waals surface area contributed by atoms with Crippen LogP contribution in [0.4, 0.5) is 0 Å². The first-order valence-corrected chi connectivity index (χ1v) is 7.61. The highest BCUT2D eigenvalue weighted by Gasteiger charge is 2.42. The normalized spacial score (nSPS) is 22.9. The lowest BCUT2D eigenvalue weighted by Gasteiger charge is -2.22. The molecule has 1 aromatic carbocycles. The first-order chi connectivity index (χ1) is 10.3. The van der Waals surface area contributed by atoms with Crippen molar-refractivity contribution in [2.24, 2.45) is 5.41 Å². The van der Waals surface area contributed by atoms with E-state index in [0.717, 1.165) is 43.4 Å². The summed E-state index contributed by atoms with van der Waals surface area (Å²) in [4.78, 5) is 19.2. The van der Waals surface area contributed by atoms with E-state index < -0.39 is 0 Å². The van der Waals surface area contributed by atoms with Crippen molar-refractivity contribution >= 4 is 41.5 Å². The number of pyridine rings is 1. The number of benzene rings is 1. The van der Waals surface area contributed by atoms with Gasteiger partial charge in [0.2, 0.25) is 0 Å². The van der Waals surface area contributed by atoms with Gasteiger partial charge in [0.1, 0.15) is 5.69 Å². The van der Waals surface area contributed by atoms with Gasteiger partial charge in [-0.15, -0.1) is 24.8 Å². The largest absolute Gasteiger partial charge is 0.337 e. The van der Waals surface area contributed by atoms with Crippen LogP contribution in [0.2, 0.25) is 0 Å². The number of aromatic nitrogens is 1. The lowest BCUT2D eigenvalue weighted by Crippen LogP contribution is -2.33. The zero-order valence-electron chi connectivity index (χ0n) is 12.8. The van der Waals surface area contributed by atoms with Crippen molar-refractivity contribution in [3.8, 4) is 0 Å². The molecule has 124 valence electrons. The maximum absolute atomic E-state index is 12.8. The number of fused-ring (bicyclic) bond motifs is 1. The van der Waals surface area contributed by atoms with Gasteiger partial charge >= 0.3 is 0 Å². The van der Waals surface area contributed by atoms with Crippen LogP contribution < -0.4 is 5.32 Å². The molecule has 1 unspecified atom stereocenters. The topological polar surface area (TPSA) is 45.2 Å². The maximum atomic E-state index is 12.8. The molecule has 1 spiro atoms. The molecule has 2 saturated heterocycles. The fraction of sp³-hybridized carbons (Fsp3) is 0.412. The number of nitrogens with one attached hydrogen (secondary N) is 1. The molecule has 2 aliphatic rings.